The van der Waals surface area contributed by atoms with E-state index in [9.17, 15) is 9.59 Å². The lowest BCUT2D eigenvalue weighted by Gasteiger charge is -2.37. The van der Waals surface area contributed by atoms with Gasteiger partial charge in [0.2, 0.25) is 5.91 Å². The van der Waals surface area contributed by atoms with Crippen molar-refractivity contribution in [2.75, 3.05) is 44.7 Å². The zero-order chi connectivity index (χ0) is 16.2. The molecule has 1 amide bonds. The van der Waals surface area contributed by atoms with Gasteiger partial charge in [-0.15, -0.1) is 0 Å². The van der Waals surface area contributed by atoms with Crippen LogP contribution in [0, 0.1) is 0 Å². The summed E-state index contributed by atoms with van der Waals surface area (Å²) in [5.74, 6) is 0.685. The molecule has 2 fully saturated rings. The lowest BCUT2D eigenvalue weighted by atomic mass is 9.99. The van der Waals surface area contributed by atoms with Crippen molar-refractivity contribution in [1.82, 2.24) is 19.8 Å². The molecule has 7 heteroatoms. The lowest BCUT2D eigenvalue weighted by molar-refractivity contribution is -0.133. The molecular weight excluding hydrogens is 294 g/mol. The Bertz CT molecular complexity index is 594. The highest BCUT2D eigenvalue weighted by molar-refractivity contribution is 5.77. The van der Waals surface area contributed by atoms with Gasteiger partial charge < -0.3 is 19.7 Å². The fraction of sp³-hybridized carbons (Fsp3) is 0.688. The first-order valence-electron chi connectivity index (χ1n) is 8.42. The number of aromatic nitrogens is 2. The maximum Gasteiger partial charge on any atom is 0.290 e. The van der Waals surface area contributed by atoms with E-state index in [0.29, 0.717) is 44.5 Å². The fourth-order valence-electron chi connectivity index (χ4n) is 3.47. The molecule has 0 bridgehead atoms. The van der Waals surface area contributed by atoms with E-state index in [-0.39, 0.29) is 11.5 Å². The molecule has 3 rings (SSSR count). The molecule has 0 aliphatic carbocycles. The van der Waals surface area contributed by atoms with Gasteiger partial charge in [-0.2, -0.15) is 0 Å². The van der Waals surface area contributed by atoms with Gasteiger partial charge in [-0.05, 0) is 26.4 Å². The van der Waals surface area contributed by atoms with E-state index in [0.717, 1.165) is 13.0 Å². The van der Waals surface area contributed by atoms with Crippen LogP contribution >= 0.6 is 0 Å². The van der Waals surface area contributed by atoms with Crippen molar-refractivity contribution >= 4 is 11.7 Å². The van der Waals surface area contributed by atoms with Crippen molar-refractivity contribution in [1.29, 1.82) is 0 Å². The first-order chi connectivity index (χ1) is 11.1. The van der Waals surface area contributed by atoms with Gasteiger partial charge in [-0.25, -0.2) is 4.98 Å². The van der Waals surface area contributed by atoms with E-state index >= 15 is 0 Å². The van der Waals surface area contributed by atoms with Crippen molar-refractivity contribution in [3.05, 3.63) is 22.7 Å². The Kier molecular flexibility index (Phi) is 4.95. The smallest absolute Gasteiger partial charge is 0.290 e. The Morgan fingerprint density at radius 1 is 1.26 bits per heavy atom. The number of amides is 1. The second kappa shape index (κ2) is 7.12. The molecule has 0 spiro atoms. The molecule has 1 aromatic rings. The molecule has 3 heterocycles. The number of likely N-dealkylation sites (tertiary alicyclic amines) is 1. The predicted molar refractivity (Wildman–Crippen MR) is 88.5 cm³/mol. The number of carbonyl (C=O) groups excluding carboxylic acids is 1. The van der Waals surface area contributed by atoms with Crippen LogP contribution < -0.4 is 10.5 Å². The Morgan fingerprint density at radius 2 is 2.04 bits per heavy atom. The van der Waals surface area contributed by atoms with Gasteiger partial charge in [0.05, 0.1) is 0 Å². The maximum atomic E-state index is 12.5. The summed E-state index contributed by atoms with van der Waals surface area (Å²) in [5.41, 5.74) is -0.170. The van der Waals surface area contributed by atoms with Crippen LogP contribution in [-0.2, 0) is 4.79 Å². The number of carbonyl (C=O) groups is 1. The highest BCUT2D eigenvalue weighted by Crippen LogP contribution is 2.19. The van der Waals surface area contributed by atoms with Gasteiger partial charge in [0.25, 0.3) is 5.56 Å². The number of piperidine rings is 1. The van der Waals surface area contributed by atoms with Crippen LogP contribution in [0.2, 0.25) is 0 Å². The Labute approximate surface area is 136 Å². The third-order valence-electron chi connectivity index (χ3n) is 4.95. The van der Waals surface area contributed by atoms with Gasteiger partial charge in [0.15, 0.2) is 5.82 Å². The molecule has 0 radical (unpaired) electrons. The second-order valence-corrected chi connectivity index (χ2v) is 6.44. The highest BCUT2D eigenvalue weighted by atomic mass is 16.2. The molecule has 1 aromatic heterocycles. The molecule has 2 aliphatic rings. The van der Waals surface area contributed by atoms with Gasteiger partial charge >= 0.3 is 0 Å². The monoisotopic (exact) mass is 319 g/mol. The van der Waals surface area contributed by atoms with Gasteiger partial charge in [-0.3, -0.25) is 9.59 Å². The molecule has 0 saturated carbocycles. The molecule has 126 valence electrons. The number of nitrogens with one attached hydrogen (secondary N) is 1. The molecular formula is C16H25N5O2. The van der Waals surface area contributed by atoms with Gasteiger partial charge in [-0.1, -0.05) is 6.42 Å². The zero-order valence-electron chi connectivity index (χ0n) is 13.7. The SMILES string of the molecule is CN1CCCC[C@H]1CC(=O)N1CCN(c2ncc[nH]c2=O)CC1. The number of piperazine rings is 1. The first-order valence-corrected chi connectivity index (χ1v) is 8.42. The molecule has 2 saturated heterocycles. The Morgan fingerprint density at radius 3 is 2.74 bits per heavy atom. The van der Waals surface area contributed by atoms with Crippen LogP contribution in [0.3, 0.4) is 0 Å². The molecule has 23 heavy (non-hydrogen) atoms. The van der Waals surface area contributed by atoms with Crippen molar-refractivity contribution in [2.24, 2.45) is 0 Å². The standard InChI is InChI=1S/C16H25N5O2/c1-19-7-3-2-4-13(19)12-14(22)20-8-10-21(11-9-20)15-16(23)18-6-5-17-15/h5-6,13H,2-4,7-12H2,1H3,(H,18,23)/t13-/m0/s1. The molecule has 2 aliphatic heterocycles. The minimum Gasteiger partial charge on any atom is -0.348 e. The van der Waals surface area contributed by atoms with E-state index in [1.807, 2.05) is 9.80 Å². The summed E-state index contributed by atoms with van der Waals surface area (Å²) in [4.78, 5) is 37.3. The average molecular weight is 319 g/mol. The quantitative estimate of drug-likeness (QED) is 0.867. The van der Waals surface area contributed by atoms with Gasteiger partial charge in [0.1, 0.15) is 0 Å². The van der Waals surface area contributed by atoms with Crippen LogP contribution in [0.25, 0.3) is 0 Å². The van der Waals surface area contributed by atoms with E-state index in [1.54, 1.807) is 6.20 Å². The summed E-state index contributed by atoms with van der Waals surface area (Å²) in [6.07, 6.45) is 7.31. The number of hydrogen-bond acceptors (Lipinski definition) is 5. The van der Waals surface area contributed by atoms with Gasteiger partial charge in [0, 0.05) is 51.0 Å². The fourth-order valence-corrected chi connectivity index (χ4v) is 3.47. The van der Waals surface area contributed by atoms with Crippen molar-refractivity contribution in [2.45, 2.75) is 31.7 Å². The minimum atomic E-state index is -0.170. The largest absolute Gasteiger partial charge is 0.348 e. The van der Waals surface area contributed by atoms with Crippen molar-refractivity contribution < 1.29 is 4.79 Å². The average Bonchev–Trinajstić information content (AvgIpc) is 2.57. The second-order valence-electron chi connectivity index (χ2n) is 6.44. The minimum absolute atomic E-state index is 0.170. The number of rotatable bonds is 3. The van der Waals surface area contributed by atoms with Crippen LogP contribution in [-0.4, -0.2) is 71.5 Å². The summed E-state index contributed by atoms with van der Waals surface area (Å²) < 4.78 is 0. The topological polar surface area (TPSA) is 72.5 Å². The van der Waals surface area contributed by atoms with Crippen LogP contribution in [0.15, 0.2) is 17.2 Å². The molecule has 7 nitrogen and oxygen atoms in total. The van der Waals surface area contributed by atoms with Crippen molar-refractivity contribution in [3.8, 4) is 0 Å². The van der Waals surface area contributed by atoms with E-state index in [1.165, 1.54) is 19.0 Å². The normalized spacial score (nSPS) is 23.1. The number of anilines is 1. The number of aromatic amines is 1. The lowest BCUT2D eigenvalue weighted by Crippen LogP contribution is -2.51. The van der Waals surface area contributed by atoms with Crippen LogP contribution in [0.1, 0.15) is 25.7 Å². The Hall–Kier alpha value is -1.89. The first kappa shape index (κ1) is 16.0. The summed E-state index contributed by atoms with van der Waals surface area (Å²) in [6, 6.07) is 0.382. The number of H-pyrrole nitrogens is 1. The molecule has 0 unspecified atom stereocenters. The summed E-state index contributed by atoms with van der Waals surface area (Å²) in [5, 5.41) is 0. The summed E-state index contributed by atoms with van der Waals surface area (Å²) in [7, 11) is 2.11. The molecule has 1 N–H and O–H groups in total. The predicted octanol–water partition coefficient (Wildman–Crippen LogP) is 0.293. The van der Waals surface area contributed by atoms with E-state index in [2.05, 4.69) is 21.9 Å². The number of nitrogens with zero attached hydrogens (tertiary/aromatic N) is 4. The van der Waals surface area contributed by atoms with Crippen molar-refractivity contribution in [3.63, 3.8) is 0 Å². The summed E-state index contributed by atoms with van der Waals surface area (Å²) in [6.45, 7) is 3.73. The molecule has 1 atom stereocenters. The Balaban J connectivity index is 1.53. The zero-order valence-corrected chi connectivity index (χ0v) is 13.7. The summed E-state index contributed by atoms with van der Waals surface area (Å²) >= 11 is 0. The van der Waals surface area contributed by atoms with Crippen LogP contribution in [0.4, 0.5) is 5.82 Å². The maximum absolute atomic E-state index is 12.5. The third kappa shape index (κ3) is 3.72. The van der Waals surface area contributed by atoms with E-state index in [4.69, 9.17) is 0 Å². The van der Waals surface area contributed by atoms with Crippen LogP contribution in [0.5, 0.6) is 0 Å². The number of hydrogen-bond donors (Lipinski definition) is 1. The third-order valence-corrected chi connectivity index (χ3v) is 4.95. The molecule has 0 aromatic carbocycles. The van der Waals surface area contributed by atoms with E-state index < -0.39 is 0 Å². The highest BCUT2D eigenvalue weighted by Gasteiger charge is 2.27.